The predicted molar refractivity (Wildman–Crippen MR) is 67.5 cm³/mol. The van der Waals surface area contributed by atoms with Crippen LogP contribution in [0.2, 0.25) is 0 Å². The van der Waals surface area contributed by atoms with E-state index in [4.69, 9.17) is 10.8 Å². The Morgan fingerprint density at radius 2 is 2.50 bits per heavy atom. The third kappa shape index (κ3) is 3.05. The molecule has 0 fully saturated rings. The van der Waals surface area contributed by atoms with Crippen molar-refractivity contribution in [2.45, 2.75) is 12.5 Å². The lowest BCUT2D eigenvalue weighted by Gasteiger charge is -2.02. The second-order valence-electron chi connectivity index (χ2n) is 3.61. The summed E-state index contributed by atoms with van der Waals surface area (Å²) in [4.78, 5) is 21.9. The van der Waals surface area contributed by atoms with Gasteiger partial charge in [0.2, 0.25) is 0 Å². The van der Waals surface area contributed by atoms with Gasteiger partial charge in [0.1, 0.15) is 11.9 Å². The highest BCUT2D eigenvalue weighted by atomic mass is 32.1. The van der Waals surface area contributed by atoms with Gasteiger partial charge in [0, 0.05) is 30.7 Å². The fourth-order valence-corrected chi connectivity index (χ4v) is 2.13. The average molecular weight is 267 g/mol. The predicted octanol–water partition coefficient (Wildman–Crippen LogP) is 0.605. The summed E-state index contributed by atoms with van der Waals surface area (Å²) in [5, 5.41) is 14.2. The fraction of sp³-hybridized carbons (Fsp3) is 0.300. The zero-order valence-corrected chi connectivity index (χ0v) is 10.3. The van der Waals surface area contributed by atoms with Crippen LogP contribution in [-0.2, 0) is 11.2 Å². The van der Waals surface area contributed by atoms with Crippen LogP contribution in [0.15, 0.2) is 17.8 Å². The maximum atomic E-state index is 10.7. The number of carboxylic acids is 1. The molecule has 2 aromatic heterocycles. The smallest absolute Gasteiger partial charge is 0.326 e. The molecule has 0 spiro atoms. The number of nitrogens with two attached hydrogens (primary N) is 1. The normalized spacial score (nSPS) is 12.3. The highest BCUT2D eigenvalue weighted by Gasteiger charge is 2.17. The van der Waals surface area contributed by atoms with E-state index in [-0.39, 0.29) is 0 Å². The third-order valence-electron chi connectivity index (χ3n) is 2.30. The number of imidazole rings is 1. The molecule has 0 radical (unpaired) electrons. The summed E-state index contributed by atoms with van der Waals surface area (Å²) in [5.74, 6) is -0.191. The first kappa shape index (κ1) is 12.5. The number of aliphatic carboxylic acids is 1. The first-order chi connectivity index (χ1) is 8.66. The molecule has 0 aromatic carbocycles. The van der Waals surface area contributed by atoms with Crippen LogP contribution >= 0.6 is 11.3 Å². The van der Waals surface area contributed by atoms with Crippen LogP contribution in [-0.4, -0.2) is 32.6 Å². The van der Waals surface area contributed by atoms with Crippen molar-refractivity contribution in [1.82, 2.24) is 15.0 Å². The summed E-state index contributed by atoms with van der Waals surface area (Å²) in [6.45, 7) is 0.669. The van der Waals surface area contributed by atoms with E-state index in [1.54, 1.807) is 17.8 Å². The zero-order chi connectivity index (χ0) is 13.0. The Morgan fingerprint density at radius 1 is 1.67 bits per heavy atom. The van der Waals surface area contributed by atoms with Gasteiger partial charge in [-0.2, -0.15) is 0 Å². The van der Waals surface area contributed by atoms with Crippen molar-refractivity contribution in [3.05, 3.63) is 29.3 Å². The Balaban J connectivity index is 1.85. The van der Waals surface area contributed by atoms with E-state index < -0.39 is 12.0 Å². The molecular weight excluding hydrogens is 254 g/mol. The van der Waals surface area contributed by atoms with Crippen LogP contribution < -0.4 is 11.1 Å². The van der Waals surface area contributed by atoms with E-state index in [1.165, 1.54) is 11.3 Å². The topological polar surface area (TPSA) is 117 Å². The average Bonchev–Trinajstić information content (AvgIpc) is 2.99. The number of aromatic nitrogens is 3. The molecule has 2 rings (SSSR count). The van der Waals surface area contributed by atoms with Gasteiger partial charge in [0.25, 0.3) is 0 Å². The minimum Gasteiger partial charge on any atom is -0.480 e. The van der Waals surface area contributed by atoms with Gasteiger partial charge in [-0.1, -0.05) is 0 Å². The van der Waals surface area contributed by atoms with Crippen molar-refractivity contribution in [2.24, 2.45) is 5.73 Å². The van der Waals surface area contributed by atoms with Crippen LogP contribution in [0.5, 0.6) is 0 Å². The van der Waals surface area contributed by atoms with Crippen LogP contribution in [0.4, 0.5) is 5.13 Å². The SMILES string of the molecule is NC(C(=O)O)c1csc(NCCc2ncc[nH]2)n1. The summed E-state index contributed by atoms with van der Waals surface area (Å²) < 4.78 is 0. The molecule has 0 aliphatic carbocycles. The molecule has 0 bridgehead atoms. The molecule has 2 aromatic rings. The lowest BCUT2D eigenvalue weighted by atomic mass is 10.2. The maximum Gasteiger partial charge on any atom is 0.326 e. The largest absolute Gasteiger partial charge is 0.480 e. The first-order valence-corrected chi connectivity index (χ1v) is 6.20. The van der Waals surface area contributed by atoms with Crippen LogP contribution in [0, 0.1) is 0 Å². The van der Waals surface area contributed by atoms with E-state index in [0.29, 0.717) is 17.4 Å². The van der Waals surface area contributed by atoms with Gasteiger partial charge < -0.3 is 21.1 Å². The highest BCUT2D eigenvalue weighted by Crippen LogP contribution is 2.19. The van der Waals surface area contributed by atoms with Crippen molar-refractivity contribution in [3.63, 3.8) is 0 Å². The number of anilines is 1. The molecule has 0 saturated carbocycles. The summed E-state index contributed by atoms with van der Waals surface area (Å²) in [7, 11) is 0. The van der Waals surface area contributed by atoms with E-state index in [1.807, 2.05) is 0 Å². The third-order valence-corrected chi connectivity index (χ3v) is 3.12. The summed E-state index contributed by atoms with van der Waals surface area (Å²) in [6.07, 6.45) is 4.21. The van der Waals surface area contributed by atoms with Gasteiger partial charge >= 0.3 is 5.97 Å². The second-order valence-corrected chi connectivity index (χ2v) is 4.46. The molecule has 1 atom stereocenters. The molecule has 2 heterocycles. The standard InChI is InChI=1S/C10H13N5O2S/c11-8(9(16)17)6-5-18-10(15-6)14-2-1-7-12-3-4-13-7/h3-5,8H,1-2,11H2,(H,12,13)(H,14,15)(H,16,17). The molecule has 0 aliphatic heterocycles. The Hall–Kier alpha value is -1.93. The summed E-state index contributed by atoms with van der Waals surface area (Å²) in [5.41, 5.74) is 5.83. The zero-order valence-electron chi connectivity index (χ0n) is 9.46. The fourth-order valence-electron chi connectivity index (χ4n) is 1.36. The minimum atomic E-state index is -1.08. The van der Waals surface area contributed by atoms with E-state index in [9.17, 15) is 4.79 Å². The lowest BCUT2D eigenvalue weighted by Crippen LogP contribution is -2.21. The summed E-state index contributed by atoms with van der Waals surface area (Å²) >= 11 is 1.34. The van der Waals surface area contributed by atoms with Crippen molar-refractivity contribution in [1.29, 1.82) is 0 Å². The molecule has 96 valence electrons. The van der Waals surface area contributed by atoms with Gasteiger partial charge in [-0.3, -0.25) is 4.79 Å². The number of aromatic amines is 1. The maximum absolute atomic E-state index is 10.7. The minimum absolute atomic E-state index is 0.369. The summed E-state index contributed by atoms with van der Waals surface area (Å²) in [6, 6.07) is -1.07. The number of carboxylic acid groups (broad SMARTS) is 1. The van der Waals surface area contributed by atoms with Gasteiger partial charge in [-0.05, 0) is 0 Å². The van der Waals surface area contributed by atoms with Crippen molar-refractivity contribution < 1.29 is 9.90 Å². The van der Waals surface area contributed by atoms with Gasteiger partial charge in [-0.25, -0.2) is 9.97 Å². The lowest BCUT2D eigenvalue weighted by molar-refractivity contribution is -0.138. The number of carbonyl (C=O) groups is 1. The van der Waals surface area contributed by atoms with Crippen LogP contribution in [0.3, 0.4) is 0 Å². The Morgan fingerprint density at radius 3 is 3.17 bits per heavy atom. The molecule has 1 unspecified atom stereocenters. The van der Waals surface area contributed by atoms with Gasteiger partial charge in [0.15, 0.2) is 5.13 Å². The first-order valence-electron chi connectivity index (χ1n) is 5.33. The molecule has 0 amide bonds. The van der Waals surface area contributed by atoms with Crippen molar-refractivity contribution >= 4 is 22.4 Å². The quantitative estimate of drug-likeness (QED) is 0.609. The number of H-pyrrole nitrogens is 1. The number of hydrogen-bond acceptors (Lipinski definition) is 6. The molecule has 0 aliphatic rings. The number of thiazole rings is 1. The van der Waals surface area contributed by atoms with E-state index in [0.717, 1.165) is 12.2 Å². The number of hydrogen-bond donors (Lipinski definition) is 4. The van der Waals surface area contributed by atoms with Gasteiger partial charge in [-0.15, -0.1) is 11.3 Å². The molecule has 8 heteroatoms. The van der Waals surface area contributed by atoms with Gasteiger partial charge in [0.05, 0.1) is 5.69 Å². The number of rotatable bonds is 6. The highest BCUT2D eigenvalue weighted by molar-refractivity contribution is 7.13. The van der Waals surface area contributed by atoms with Crippen LogP contribution in [0.25, 0.3) is 0 Å². The van der Waals surface area contributed by atoms with E-state index >= 15 is 0 Å². The molecule has 5 N–H and O–H groups in total. The van der Waals surface area contributed by atoms with E-state index in [2.05, 4.69) is 20.3 Å². The molecule has 7 nitrogen and oxygen atoms in total. The van der Waals surface area contributed by atoms with Crippen molar-refractivity contribution in [3.8, 4) is 0 Å². The molecule has 18 heavy (non-hydrogen) atoms. The molecule has 0 saturated heterocycles. The van der Waals surface area contributed by atoms with Crippen LogP contribution in [0.1, 0.15) is 17.6 Å². The second kappa shape index (κ2) is 5.61. The number of nitrogens with zero attached hydrogens (tertiary/aromatic N) is 2. The Bertz CT molecular complexity index is 510. The number of nitrogens with one attached hydrogen (secondary N) is 2. The van der Waals surface area contributed by atoms with Crippen molar-refractivity contribution in [2.75, 3.05) is 11.9 Å². The Kier molecular flexibility index (Phi) is 3.90. The molecular formula is C10H13N5O2S. The monoisotopic (exact) mass is 267 g/mol. The Labute approximate surface area is 107 Å².